The van der Waals surface area contributed by atoms with Crippen LogP contribution in [0.4, 0.5) is 5.95 Å². The van der Waals surface area contributed by atoms with Crippen molar-refractivity contribution in [1.82, 2.24) is 15.0 Å². The third-order valence-electron chi connectivity index (χ3n) is 2.62. The minimum atomic E-state index is 0.130. The summed E-state index contributed by atoms with van der Waals surface area (Å²) in [6.45, 7) is 6.39. The Balaban J connectivity index is 2.76. The van der Waals surface area contributed by atoms with Crippen LogP contribution in [0.15, 0.2) is 0 Å². The maximum atomic E-state index is 5.74. The Kier molecular flexibility index (Phi) is 4.73. The highest BCUT2D eigenvalue weighted by Crippen LogP contribution is 2.15. The van der Waals surface area contributed by atoms with Crippen molar-refractivity contribution in [2.24, 2.45) is 5.92 Å². The number of anilines is 1. The zero-order valence-corrected chi connectivity index (χ0v) is 10.7. The van der Waals surface area contributed by atoms with Crippen molar-refractivity contribution in [2.45, 2.75) is 33.2 Å². The van der Waals surface area contributed by atoms with Crippen molar-refractivity contribution in [3.63, 3.8) is 0 Å². The summed E-state index contributed by atoms with van der Waals surface area (Å²) >= 11 is 5.74. The molecule has 0 bridgehead atoms. The van der Waals surface area contributed by atoms with Crippen molar-refractivity contribution >= 4 is 17.5 Å². The lowest BCUT2D eigenvalue weighted by Crippen LogP contribution is -2.24. The summed E-state index contributed by atoms with van der Waals surface area (Å²) in [7, 11) is 1.49. The molecule has 0 aromatic carbocycles. The molecule has 2 unspecified atom stereocenters. The number of nitrogens with one attached hydrogen (secondary N) is 1. The molecule has 16 heavy (non-hydrogen) atoms. The van der Waals surface area contributed by atoms with Crippen molar-refractivity contribution in [3.05, 3.63) is 5.28 Å². The minimum Gasteiger partial charge on any atom is -0.467 e. The van der Waals surface area contributed by atoms with Gasteiger partial charge in [0.1, 0.15) is 0 Å². The van der Waals surface area contributed by atoms with E-state index in [9.17, 15) is 0 Å². The normalized spacial score (nSPS) is 14.3. The molecule has 1 rings (SSSR count). The average Bonchev–Trinajstić information content (AvgIpc) is 2.26. The van der Waals surface area contributed by atoms with E-state index in [0.717, 1.165) is 6.42 Å². The molecule has 0 radical (unpaired) electrons. The van der Waals surface area contributed by atoms with Crippen LogP contribution in [0.2, 0.25) is 5.28 Å². The lowest BCUT2D eigenvalue weighted by Gasteiger charge is -2.19. The molecule has 0 aliphatic heterocycles. The van der Waals surface area contributed by atoms with Gasteiger partial charge in [0, 0.05) is 6.04 Å². The molecule has 0 fully saturated rings. The summed E-state index contributed by atoms with van der Waals surface area (Å²) in [5, 5.41) is 3.31. The van der Waals surface area contributed by atoms with E-state index in [1.54, 1.807) is 0 Å². The maximum Gasteiger partial charge on any atom is 0.322 e. The van der Waals surface area contributed by atoms with Gasteiger partial charge < -0.3 is 10.1 Å². The van der Waals surface area contributed by atoms with Gasteiger partial charge in [-0.05, 0) is 24.4 Å². The van der Waals surface area contributed by atoms with Crippen LogP contribution in [0.3, 0.4) is 0 Å². The van der Waals surface area contributed by atoms with Crippen LogP contribution in [0, 0.1) is 5.92 Å². The standard InChI is InChI=1S/C10H17ClN4O/c1-5-6(2)7(3)12-9-13-8(11)14-10(15-9)16-4/h6-7H,5H2,1-4H3,(H,12,13,14,15). The molecular weight excluding hydrogens is 228 g/mol. The Bertz CT molecular complexity index is 348. The Labute approximate surface area is 101 Å². The van der Waals surface area contributed by atoms with Crippen LogP contribution in [0.1, 0.15) is 27.2 Å². The topological polar surface area (TPSA) is 59.9 Å². The molecule has 6 heteroatoms. The van der Waals surface area contributed by atoms with Gasteiger partial charge in [-0.1, -0.05) is 20.3 Å². The first-order valence-electron chi connectivity index (χ1n) is 5.29. The third-order valence-corrected chi connectivity index (χ3v) is 2.79. The summed E-state index contributed by atoms with van der Waals surface area (Å²) in [6, 6.07) is 0.493. The van der Waals surface area contributed by atoms with Gasteiger partial charge in [-0.25, -0.2) is 0 Å². The average molecular weight is 245 g/mol. The van der Waals surface area contributed by atoms with Crippen molar-refractivity contribution in [3.8, 4) is 6.01 Å². The number of ether oxygens (including phenoxy) is 1. The smallest absolute Gasteiger partial charge is 0.322 e. The fourth-order valence-electron chi connectivity index (χ4n) is 1.19. The van der Waals surface area contributed by atoms with Gasteiger partial charge in [0.05, 0.1) is 7.11 Å². The zero-order chi connectivity index (χ0) is 12.1. The monoisotopic (exact) mass is 244 g/mol. The Hall–Kier alpha value is -1.10. The Morgan fingerprint density at radius 3 is 2.56 bits per heavy atom. The van der Waals surface area contributed by atoms with E-state index >= 15 is 0 Å². The largest absolute Gasteiger partial charge is 0.467 e. The summed E-state index contributed by atoms with van der Waals surface area (Å²) in [5.74, 6) is 0.978. The molecule has 90 valence electrons. The van der Waals surface area contributed by atoms with E-state index in [1.165, 1.54) is 7.11 Å². The second-order valence-electron chi connectivity index (χ2n) is 3.73. The van der Waals surface area contributed by atoms with Crippen molar-refractivity contribution in [1.29, 1.82) is 0 Å². The van der Waals surface area contributed by atoms with Crippen LogP contribution in [0.5, 0.6) is 6.01 Å². The molecule has 0 saturated heterocycles. The first-order valence-corrected chi connectivity index (χ1v) is 5.66. The van der Waals surface area contributed by atoms with E-state index < -0.39 is 0 Å². The van der Waals surface area contributed by atoms with Crippen LogP contribution in [0.25, 0.3) is 0 Å². The molecule has 2 atom stereocenters. The lowest BCUT2D eigenvalue weighted by atomic mass is 10.0. The van der Waals surface area contributed by atoms with E-state index in [-0.39, 0.29) is 17.3 Å². The van der Waals surface area contributed by atoms with Crippen LogP contribution >= 0.6 is 11.6 Å². The first kappa shape index (κ1) is 13.0. The zero-order valence-electron chi connectivity index (χ0n) is 9.99. The summed E-state index contributed by atoms with van der Waals surface area (Å²) in [5.41, 5.74) is 0. The highest BCUT2D eigenvalue weighted by Gasteiger charge is 2.12. The SMILES string of the molecule is CCC(C)C(C)Nc1nc(Cl)nc(OC)n1. The lowest BCUT2D eigenvalue weighted by molar-refractivity contribution is 0.378. The number of hydrogen-bond acceptors (Lipinski definition) is 5. The molecule has 1 aromatic heterocycles. The quantitative estimate of drug-likeness (QED) is 0.862. The molecule has 0 aliphatic carbocycles. The molecule has 0 spiro atoms. The number of nitrogens with zero attached hydrogens (tertiary/aromatic N) is 3. The highest BCUT2D eigenvalue weighted by molar-refractivity contribution is 6.28. The van der Waals surface area contributed by atoms with Crippen molar-refractivity contribution in [2.75, 3.05) is 12.4 Å². The van der Waals surface area contributed by atoms with E-state index in [4.69, 9.17) is 16.3 Å². The van der Waals surface area contributed by atoms with Gasteiger partial charge >= 0.3 is 6.01 Å². The molecule has 0 amide bonds. The number of rotatable bonds is 5. The number of aromatic nitrogens is 3. The van der Waals surface area contributed by atoms with Gasteiger partial charge in [0.2, 0.25) is 11.2 Å². The second-order valence-corrected chi connectivity index (χ2v) is 4.07. The van der Waals surface area contributed by atoms with Gasteiger partial charge in [-0.2, -0.15) is 15.0 Å². The van der Waals surface area contributed by atoms with Crippen LogP contribution < -0.4 is 10.1 Å². The molecule has 1 heterocycles. The minimum absolute atomic E-state index is 0.130. The second kappa shape index (κ2) is 5.84. The fourth-order valence-corrected chi connectivity index (χ4v) is 1.34. The molecule has 0 saturated carbocycles. The molecule has 1 aromatic rings. The summed E-state index contributed by atoms with van der Waals surface area (Å²) < 4.78 is 4.92. The molecular formula is C10H17ClN4O. The van der Waals surface area contributed by atoms with E-state index in [2.05, 4.69) is 41.0 Å². The fraction of sp³-hybridized carbons (Fsp3) is 0.700. The van der Waals surface area contributed by atoms with Crippen LogP contribution in [-0.2, 0) is 0 Å². The number of hydrogen-bond donors (Lipinski definition) is 1. The maximum absolute atomic E-state index is 5.74. The molecule has 0 aliphatic rings. The third kappa shape index (κ3) is 3.48. The predicted molar refractivity (Wildman–Crippen MR) is 63.9 cm³/mol. The highest BCUT2D eigenvalue weighted by atomic mass is 35.5. The van der Waals surface area contributed by atoms with E-state index in [0.29, 0.717) is 11.9 Å². The van der Waals surface area contributed by atoms with Gasteiger partial charge in [0.15, 0.2) is 0 Å². The van der Waals surface area contributed by atoms with Gasteiger partial charge in [-0.3, -0.25) is 0 Å². The van der Waals surface area contributed by atoms with Crippen LogP contribution in [-0.4, -0.2) is 28.1 Å². The van der Waals surface area contributed by atoms with Gasteiger partial charge in [-0.15, -0.1) is 0 Å². The van der Waals surface area contributed by atoms with Gasteiger partial charge in [0.25, 0.3) is 0 Å². The summed E-state index contributed by atoms with van der Waals surface area (Å²) in [6.07, 6.45) is 1.09. The Morgan fingerprint density at radius 2 is 2.00 bits per heavy atom. The predicted octanol–water partition coefficient (Wildman–Crippen LogP) is 2.38. The summed E-state index contributed by atoms with van der Waals surface area (Å²) in [4.78, 5) is 11.9. The number of methoxy groups -OCH3 is 1. The number of halogens is 1. The van der Waals surface area contributed by atoms with E-state index in [1.807, 2.05) is 0 Å². The molecule has 5 nitrogen and oxygen atoms in total. The molecule has 1 N–H and O–H groups in total. The first-order chi connectivity index (χ1) is 7.56. The Morgan fingerprint density at radius 1 is 1.31 bits per heavy atom. The van der Waals surface area contributed by atoms with Crippen molar-refractivity contribution < 1.29 is 4.74 Å².